The van der Waals surface area contributed by atoms with E-state index in [1.807, 2.05) is 47.9 Å². The highest BCUT2D eigenvalue weighted by Gasteiger charge is 2.16. The van der Waals surface area contributed by atoms with Gasteiger partial charge in [-0.2, -0.15) is 0 Å². The Morgan fingerprint density at radius 3 is 2.62 bits per heavy atom. The van der Waals surface area contributed by atoms with Gasteiger partial charge >= 0.3 is 0 Å². The Labute approximate surface area is 178 Å². The fourth-order valence-corrected chi connectivity index (χ4v) is 3.64. The summed E-state index contributed by atoms with van der Waals surface area (Å²) in [5.74, 6) is 0.880. The standard InChI is InChI=1S/C20H22ClN5O2S/c1-14(15-3-5-17(21)6-4-15)23-18(27)13-29-20-25-24-19(26(20)11-12-28-2)16-7-9-22-10-8-16/h3-10,14H,11-13H2,1-2H3,(H,23,27). The molecule has 7 nitrogen and oxygen atoms in total. The third kappa shape index (κ3) is 5.79. The molecule has 3 aromatic rings. The number of nitrogens with zero attached hydrogens (tertiary/aromatic N) is 4. The van der Waals surface area contributed by atoms with Crippen LogP contribution in [-0.2, 0) is 16.1 Å². The molecule has 1 N–H and O–H groups in total. The van der Waals surface area contributed by atoms with Gasteiger partial charge in [-0.05, 0) is 36.8 Å². The van der Waals surface area contributed by atoms with Crippen molar-refractivity contribution >= 4 is 29.3 Å². The Hall–Kier alpha value is -2.42. The van der Waals surface area contributed by atoms with Gasteiger partial charge in [-0.1, -0.05) is 35.5 Å². The Morgan fingerprint density at radius 2 is 1.93 bits per heavy atom. The van der Waals surface area contributed by atoms with Crippen LogP contribution in [0.2, 0.25) is 5.02 Å². The summed E-state index contributed by atoms with van der Waals surface area (Å²) in [5, 5.41) is 12.9. The molecule has 29 heavy (non-hydrogen) atoms. The fourth-order valence-electron chi connectivity index (χ4n) is 2.74. The lowest BCUT2D eigenvalue weighted by atomic mass is 10.1. The number of halogens is 1. The van der Waals surface area contributed by atoms with E-state index >= 15 is 0 Å². The van der Waals surface area contributed by atoms with Gasteiger partial charge in [0.05, 0.1) is 24.9 Å². The number of ether oxygens (including phenoxy) is 1. The number of rotatable bonds is 9. The number of carbonyl (C=O) groups is 1. The average molecular weight is 432 g/mol. The van der Waals surface area contributed by atoms with Crippen LogP contribution in [-0.4, -0.2) is 45.1 Å². The van der Waals surface area contributed by atoms with Gasteiger partial charge in [0.1, 0.15) is 0 Å². The quantitative estimate of drug-likeness (QED) is 0.521. The second-order valence-corrected chi connectivity index (χ2v) is 7.69. The van der Waals surface area contributed by atoms with Crippen LogP contribution in [0.3, 0.4) is 0 Å². The monoisotopic (exact) mass is 431 g/mol. The van der Waals surface area contributed by atoms with E-state index in [1.54, 1.807) is 19.5 Å². The number of hydrogen-bond acceptors (Lipinski definition) is 6. The largest absolute Gasteiger partial charge is 0.383 e. The molecule has 0 saturated heterocycles. The van der Waals surface area contributed by atoms with Crippen molar-refractivity contribution in [2.24, 2.45) is 0 Å². The number of amides is 1. The summed E-state index contributed by atoms with van der Waals surface area (Å²) < 4.78 is 7.17. The van der Waals surface area contributed by atoms with Crippen molar-refractivity contribution in [3.8, 4) is 11.4 Å². The molecule has 0 aliphatic heterocycles. The second kappa shape index (κ2) is 10.4. The number of benzene rings is 1. The minimum Gasteiger partial charge on any atom is -0.383 e. The van der Waals surface area contributed by atoms with Crippen LogP contribution < -0.4 is 5.32 Å². The molecule has 0 aliphatic rings. The minimum atomic E-state index is -0.112. The third-order valence-corrected chi connectivity index (χ3v) is 5.47. The van der Waals surface area contributed by atoms with Crippen LogP contribution in [0.1, 0.15) is 18.5 Å². The van der Waals surface area contributed by atoms with Crippen molar-refractivity contribution < 1.29 is 9.53 Å². The fraction of sp³-hybridized carbons (Fsp3) is 0.300. The van der Waals surface area contributed by atoms with E-state index in [-0.39, 0.29) is 17.7 Å². The molecule has 0 spiro atoms. The summed E-state index contributed by atoms with van der Waals surface area (Å²) in [5.41, 5.74) is 1.91. The number of pyridine rings is 1. The molecule has 1 amide bonds. The lowest BCUT2D eigenvalue weighted by Crippen LogP contribution is -2.28. The second-order valence-electron chi connectivity index (χ2n) is 6.32. The predicted molar refractivity (Wildman–Crippen MR) is 114 cm³/mol. The zero-order chi connectivity index (χ0) is 20.6. The molecule has 1 aromatic carbocycles. The SMILES string of the molecule is COCCn1c(SCC(=O)NC(C)c2ccc(Cl)cc2)nnc1-c1ccncc1. The van der Waals surface area contributed by atoms with Crippen LogP contribution in [0.5, 0.6) is 0 Å². The molecule has 0 aliphatic carbocycles. The first kappa shape index (κ1) is 21.3. The number of carbonyl (C=O) groups excluding carboxylic acids is 1. The van der Waals surface area contributed by atoms with Crippen LogP contribution in [0.4, 0.5) is 0 Å². The summed E-state index contributed by atoms with van der Waals surface area (Å²) in [6.45, 7) is 3.05. The maximum Gasteiger partial charge on any atom is 0.230 e. The van der Waals surface area contributed by atoms with Gasteiger partial charge in [-0.3, -0.25) is 14.3 Å². The summed E-state index contributed by atoms with van der Waals surface area (Å²) in [6, 6.07) is 11.1. The Morgan fingerprint density at radius 1 is 1.21 bits per heavy atom. The van der Waals surface area contributed by atoms with Gasteiger partial charge in [-0.15, -0.1) is 10.2 Å². The van der Waals surface area contributed by atoms with E-state index in [2.05, 4.69) is 20.5 Å². The van der Waals surface area contributed by atoms with Gasteiger partial charge in [0.2, 0.25) is 5.91 Å². The first-order chi connectivity index (χ1) is 14.1. The molecule has 1 unspecified atom stereocenters. The van der Waals surface area contributed by atoms with E-state index in [0.717, 1.165) is 17.0 Å². The van der Waals surface area contributed by atoms with Gasteiger partial charge in [-0.25, -0.2) is 0 Å². The number of hydrogen-bond donors (Lipinski definition) is 1. The minimum absolute atomic E-state index is 0.0794. The van der Waals surface area contributed by atoms with Crippen LogP contribution in [0, 0.1) is 0 Å². The highest BCUT2D eigenvalue weighted by Crippen LogP contribution is 2.24. The maximum atomic E-state index is 12.4. The number of nitrogens with one attached hydrogen (secondary N) is 1. The zero-order valence-electron chi connectivity index (χ0n) is 16.2. The lowest BCUT2D eigenvalue weighted by Gasteiger charge is -2.14. The average Bonchev–Trinajstić information content (AvgIpc) is 3.14. The topological polar surface area (TPSA) is 81.9 Å². The van der Waals surface area contributed by atoms with Gasteiger partial charge in [0.25, 0.3) is 0 Å². The van der Waals surface area contributed by atoms with Crippen molar-refractivity contribution in [3.05, 3.63) is 59.4 Å². The van der Waals surface area contributed by atoms with Crippen LogP contribution >= 0.6 is 23.4 Å². The Kier molecular flexibility index (Phi) is 7.62. The van der Waals surface area contributed by atoms with Crippen molar-refractivity contribution in [2.45, 2.75) is 24.7 Å². The Balaban J connectivity index is 1.65. The Bertz CT molecular complexity index is 934. The van der Waals surface area contributed by atoms with E-state index in [0.29, 0.717) is 23.3 Å². The first-order valence-electron chi connectivity index (χ1n) is 9.08. The highest BCUT2D eigenvalue weighted by atomic mass is 35.5. The normalized spacial score (nSPS) is 12.0. The van der Waals surface area contributed by atoms with Gasteiger partial charge in [0.15, 0.2) is 11.0 Å². The van der Waals surface area contributed by atoms with Crippen molar-refractivity contribution in [2.75, 3.05) is 19.5 Å². The third-order valence-electron chi connectivity index (χ3n) is 4.25. The molecule has 2 heterocycles. The van der Waals surface area contributed by atoms with E-state index < -0.39 is 0 Å². The van der Waals surface area contributed by atoms with E-state index in [4.69, 9.17) is 16.3 Å². The molecule has 152 valence electrons. The predicted octanol–water partition coefficient (Wildman–Crippen LogP) is 3.61. The summed E-state index contributed by atoms with van der Waals surface area (Å²) in [6.07, 6.45) is 3.42. The molecule has 0 bridgehead atoms. The van der Waals surface area contributed by atoms with E-state index in [1.165, 1.54) is 11.8 Å². The van der Waals surface area contributed by atoms with Crippen LogP contribution in [0.25, 0.3) is 11.4 Å². The summed E-state index contributed by atoms with van der Waals surface area (Å²) in [7, 11) is 1.65. The number of methoxy groups -OCH3 is 1. The molecule has 1 atom stereocenters. The maximum absolute atomic E-state index is 12.4. The molecule has 0 radical (unpaired) electrons. The van der Waals surface area contributed by atoms with Gasteiger partial charge in [0, 0.05) is 30.1 Å². The molecule has 3 rings (SSSR count). The molecule has 0 fully saturated rings. The van der Waals surface area contributed by atoms with E-state index in [9.17, 15) is 4.79 Å². The number of aromatic nitrogens is 4. The van der Waals surface area contributed by atoms with Crippen molar-refractivity contribution in [1.29, 1.82) is 0 Å². The summed E-state index contributed by atoms with van der Waals surface area (Å²) >= 11 is 7.26. The first-order valence-corrected chi connectivity index (χ1v) is 10.4. The van der Waals surface area contributed by atoms with Crippen molar-refractivity contribution in [1.82, 2.24) is 25.1 Å². The molecule has 2 aromatic heterocycles. The smallest absolute Gasteiger partial charge is 0.230 e. The molecular formula is C20H22ClN5O2S. The molecule has 0 saturated carbocycles. The van der Waals surface area contributed by atoms with Crippen molar-refractivity contribution in [3.63, 3.8) is 0 Å². The van der Waals surface area contributed by atoms with Crippen LogP contribution in [0.15, 0.2) is 53.9 Å². The zero-order valence-corrected chi connectivity index (χ0v) is 17.8. The molecular weight excluding hydrogens is 410 g/mol. The lowest BCUT2D eigenvalue weighted by molar-refractivity contribution is -0.119. The summed E-state index contributed by atoms with van der Waals surface area (Å²) in [4.78, 5) is 16.5. The highest BCUT2D eigenvalue weighted by molar-refractivity contribution is 7.99. The molecule has 9 heteroatoms. The van der Waals surface area contributed by atoms with Gasteiger partial charge < -0.3 is 10.1 Å². The number of thioether (sulfide) groups is 1.